The van der Waals surface area contributed by atoms with Crippen molar-refractivity contribution in [1.29, 1.82) is 0 Å². The molecule has 0 saturated heterocycles. The summed E-state index contributed by atoms with van der Waals surface area (Å²) in [5.41, 5.74) is 6.39. The minimum absolute atomic E-state index is 0.0466. The Kier molecular flexibility index (Phi) is 3.06. The molecule has 0 bridgehead atoms. The van der Waals surface area contributed by atoms with E-state index in [1.54, 1.807) is 13.2 Å². The van der Waals surface area contributed by atoms with Gasteiger partial charge in [-0.1, -0.05) is 24.3 Å². The van der Waals surface area contributed by atoms with Gasteiger partial charge in [0, 0.05) is 24.8 Å². The van der Waals surface area contributed by atoms with Crippen LogP contribution in [0.1, 0.15) is 5.56 Å². The highest BCUT2D eigenvalue weighted by molar-refractivity contribution is 5.81. The van der Waals surface area contributed by atoms with Crippen molar-refractivity contribution >= 4 is 16.6 Å². The lowest BCUT2D eigenvalue weighted by Gasteiger charge is -2.10. The van der Waals surface area contributed by atoms with E-state index in [0.29, 0.717) is 0 Å². The van der Waals surface area contributed by atoms with Crippen LogP contribution < -0.4 is 17.0 Å². The third-order valence-corrected chi connectivity index (χ3v) is 3.40. The molecule has 2 N–H and O–H groups in total. The van der Waals surface area contributed by atoms with Crippen molar-refractivity contribution in [3.63, 3.8) is 0 Å². The number of hydrogen-bond donors (Lipinski definition) is 1. The number of hydrogen-bond acceptors (Lipinski definition) is 4. The first-order valence-electron chi connectivity index (χ1n) is 6.46. The number of rotatable bonds is 2. The maximum Gasteiger partial charge on any atom is 0.331 e. The highest BCUT2D eigenvalue weighted by Gasteiger charge is 2.10. The summed E-state index contributed by atoms with van der Waals surface area (Å²) in [7, 11) is 1.57. The summed E-state index contributed by atoms with van der Waals surface area (Å²) in [6.07, 6.45) is 3.02. The summed E-state index contributed by atoms with van der Waals surface area (Å²) in [6.45, 7) is 0.144. The quantitative estimate of drug-likeness (QED) is 0.751. The molecule has 1 aromatic carbocycles. The fourth-order valence-electron chi connectivity index (χ4n) is 2.36. The fraction of sp³-hybridized carbons (Fsp3) is 0.133. The molecule has 0 fully saturated rings. The van der Waals surface area contributed by atoms with Crippen LogP contribution in [0.25, 0.3) is 10.9 Å². The van der Waals surface area contributed by atoms with Gasteiger partial charge in [0.1, 0.15) is 5.69 Å². The van der Waals surface area contributed by atoms with Gasteiger partial charge in [0.2, 0.25) is 0 Å². The van der Waals surface area contributed by atoms with Crippen LogP contribution >= 0.6 is 0 Å². The van der Waals surface area contributed by atoms with Gasteiger partial charge in [0.25, 0.3) is 5.56 Å². The van der Waals surface area contributed by atoms with Crippen LogP contribution in [0.2, 0.25) is 0 Å². The molecule has 0 saturated carbocycles. The monoisotopic (exact) mass is 282 g/mol. The summed E-state index contributed by atoms with van der Waals surface area (Å²) in [6, 6.07) is 9.45. The highest BCUT2D eigenvalue weighted by Crippen LogP contribution is 2.16. The fourth-order valence-corrected chi connectivity index (χ4v) is 2.36. The van der Waals surface area contributed by atoms with Crippen molar-refractivity contribution < 1.29 is 0 Å². The molecule has 0 aliphatic carbocycles. The predicted octanol–water partition coefficient (Wildman–Crippen LogP) is 0.726. The van der Waals surface area contributed by atoms with Gasteiger partial charge in [-0.05, 0) is 11.6 Å². The number of para-hydroxylation sites is 1. The third-order valence-electron chi connectivity index (χ3n) is 3.40. The lowest BCUT2D eigenvalue weighted by atomic mass is 10.1. The number of nitrogens with zero attached hydrogens (tertiary/aromatic N) is 3. The smallest absolute Gasteiger partial charge is 0.331 e. The third kappa shape index (κ3) is 2.20. The van der Waals surface area contributed by atoms with Crippen molar-refractivity contribution in [2.45, 2.75) is 6.54 Å². The number of benzene rings is 1. The van der Waals surface area contributed by atoms with Gasteiger partial charge in [0.15, 0.2) is 0 Å². The average molecular weight is 282 g/mol. The molecule has 0 amide bonds. The molecular weight excluding hydrogens is 268 g/mol. The molecule has 2 aromatic heterocycles. The Morgan fingerprint density at radius 2 is 1.95 bits per heavy atom. The number of aromatic nitrogens is 3. The Bertz CT molecular complexity index is 901. The molecule has 0 unspecified atom stereocenters. The molecule has 3 aromatic rings. The Morgan fingerprint density at radius 1 is 1.19 bits per heavy atom. The first-order chi connectivity index (χ1) is 10.1. The number of nitrogen functional groups attached to an aromatic ring is 1. The van der Waals surface area contributed by atoms with Gasteiger partial charge in [-0.2, -0.15) is 0 Å². The van der Waals surface area contributed by atoms with E-state index in [1.165, 1.54) is 10.8 Å². The maximum absolute atomic E-state index is 12.1. The summed E-state index contributed by atoms with van der Waals surface area (Å²) >= 11 is 0. The van der Waals surface area contributed by atoms with E-state index in [1.807, 2.05) is 30.3 Å². The summed E-state index contributed by atoms with van der Waals surface area (Å²) in [5, 5.41) is 0.962. The van der Waals surface area contributed by atoms with Crippen LogP contribution in [-0.4, -0.2) is 14.1 Å². The molecule has 0 atom stereocenters. The van der Waals surface area contributed by atoms with Crippen LogP contribution in [-0.2, 0) is 13.6 Å². The normalized spacial score (nSPS) is 10.9. The molecule has 0 aliphatic rings. The van der Waals surface area contributed by atoms with E-state index in [0.717, 1.165) is 21.0 Å². The van der Waals surface area contributed by atoms with Crippen molar-refractivity contribution in [3.05, 3.63) is 69.1 Å². The number of pyridine rings is 1. The first-order valence-corrected chi connectivity index (χ1v) is 6.46. The number of aryl methyl sites for hydroxylation is 1. The van der Waals surface area contributed by atoms with E-state index in [-0.39, 0.29) is 12.2 Å². The zero-order chi connectivity index (χ0) is 15.0. The van der Waals surface area contributed by atoms with E-state index >= 15 is 0 Å². The average Bonchev–Trinajstić information content (AvgIpc) is 2.50. The maximum atomic E-state index is 12.1. The number of nitrogens with two attached hydrogens (primary N) is 1. The zero-order valence-electron chi connectivity index (χ0n) is 11.5. The number of fused-ring (bicyclic) bond motifs is 1. The molecule has 0 aliphatic heterocycles. The van der Waals surface area contributed by atoms with Gasteiger partial charge < -0.3 is 10.3 Å². The lowest BCUT2D eigenvalue weighted by molar-refractivity contribution is 0.644. The van der Waals surface area contributed by atoms with Crippen LogP contribution in [0, 0.1) is 0 Å². The largest absolute Gasteiger partial charge is 0.393 e. The topological polar surface area (TPSA) is 82.9 Å². The van der Waals surface area contributed by atoms with Crippen LogP contribution in [0.5, 0.6) is 0 Å². The van der Waals surface area contributed by atoms with Gasteiger partial charge in [0.05, 0.1) is 12.1 Å². The van der Waals surface area contributed by atoms with Crippen LogP contribution in [0.15, 0.2) is 52.3 Å². The Morgan fingerprint density at radius 3 is 2.76 bits per heavy atom. The molecule has 21 heavy (non-hydrogen) atoms. The molecule has 0 radical (unpaired) electrons. The Hall–Kier alpha value is -2.89. The Balaban J connectivity index is 2.21. The second kappa shape index (κ2) is 4.90. The predicted molar refractivity (Wildman–Crippen MR) is 81.2 cm³/mol. The van der Waals surface area contributed by atoms with Crippen LogP contribution in [0.3, 0.4) is 0 Å². The lowest BCUT2D eigenvalue weighted by Crippen LogP contribution is -2.40. The molecule has 6 nitrogen and oxygen atoms in total. The summed E-state index contributed by atoms with van der Waals surface area (Å²) in [4.78, 5) is 28.5. The molecule has 6 heteroatoms. The molecule has 3 rings (SSSR count). The zero-order valence-corrected chi connectivity index (χ0v) is 11.5. The Labute approximate surface area is 120 Å². The minimum Gasteiger partial charge on any atom is -0.393 e. The van der Waals surface area contributed by atoms with Gasteiger partial charge >= 0.3 is 5.69 Å². The van der Waals surface area contributed by atoms with Crippen molar-refractivity contribution in [2.75, 3.05) is 5.73 Å². The second-order valence-corrected chi connectivity index (χ2v) is 4.86. The van der Waals surface area contributed by atoms with Gasteiger partial charge in [-0.3, -0.25) is 14.3 Å². The van der Waals surface area contributed by atoms with Gasteiger partial charge in [-0.25, -0.2) is 4.79 Å². The van der Waals surface area contributed by atoms with Crippen LogP contribution in [0.4, 0.5) is 5.69 Å². The molecule has 106 valence electrons. The van der Waals surface area contributed by atoms with E-state index < -0.39 is 11.2 Å². The first kappa shape index (κ1) is 13.1. The van der Waals surface area contributed by atoms with Gasteiger partial charge in [-0.15, -0.1) is 0 Å². The SMILES string of the molecule is Cn1cc(N)c(=O)n(Cc2cccc3cccnc23)c1=O. The molecular formula is C15H14N4O2. The molecule has 0 spiro atoms. The van der Waals surface area contributed by atoms with E-state index in [2.05, 4.69) is 4.98 Å². The minimum atomic E-state index is -0.481. The summed E-state index contributed by atoms with van der Waals surface area (Å²) in [5.74, 6) is 0. The summed E-state index contributed by atoms with van der Waals surface area (Å²) < 4.78 is 2.42. The van der Waals surface area contributed by atoms with Crippen molar-refractivity contribution in [3.8, 4) is 0 Å². The van der Waals surface area contributed by atoms with Crippen molar-refractivity contribution in [2.24, 2.45) is 7.05 Å². The highest BCUT2D eigenvalue weighted by atomic mass is 16.2. The standard InChI is InChI=1S/C15H14N4O2/c1-18-9-12(16)14(20)19(15(18)21)8-11-5-2-4-10-6-3-7-17-13(10)11/h2-7,9H,8,16H2,1H3. The van der Waals surface area contributed by atoms with E-state index in [9.17, 15) is 9.59 Å². The number of anilines is 1. The van der Waals surface area contributed by atoms with E-state index in [4.69, 9.17) is 5.73 Å². The molecule has 2 heterocycles. The second-order valence-electron chi connectivity index (χ2n) is 4.86. The van der Waals surface area contributed by atoms with Crippen molar-refractivity contribution in [1.82, 2.24) is 14.1 Å².